The van der Waals surface area contributed by atoms with Crippen LogP contribution in [0.5, 0.6) is 0 Å². The molecular formula is C18H36N2. The maximum Gasteiger partial charge on any atom is 0.0124 e. The van der Waals surface area contributed by atoms with Crippen molar-refractivity contribution in [2.75, 3.05) is 26.2 Å². The van der Waals surface area contributed by atoms with E-state index in [0.717, 1.165) is 24.4 Å². The minimum atomic E-state index is 0.444. The van der Waals surface area contributed by atoms with Crippen LogP contribution in [0.4, 0.5) is 0 Å². The average Bonchev–Trinajstić information content (AvgIpc) is 2.88. The van der Waals surface area contributed by atoms with Gasteiger partial charge in [-0.05, 0) is 62.4 Å². The summed E-state index contributed by atoms with van der Waals surface area (Å²) in [5, 5.41) is 3.70. The fourth-order valence-electron chi connectivity index (χ4n) is 4.20. The third kappa shape index (κ3) is 4.21. The molecule has 1 aliphatic heterocycles. The Hall–Kier alpha value is -0.0800. The van der Waals surface area contributed by atoms with Gasteiger partial charge in [-0.25, -0.2) is 0 Å². The Morgan fingerprint density at radius 1 is 1.20 bits per heavy atom. The summed E-state index contributed by atoms with van der Waals surface area (Å²) in [5.41, 5.74) is 0.444. The van der Waals surface area contributed by atoms with Crippen LogP contribution >= 0.6 is 0 Å². The van der Waals surface area contributed by atoms with Crippen molar-refractivity contribution in [3.63, 3.8) is 0 Å². The molecule has 0 aromatic heterocycles. The van der Waals surface area contributed by atoms with E-state index in [0.29, 0.717) is 5.41 Å². The van der Waals surface area contributed by atoms with Gasteiger partial charge in [0.05, 0.1) is 0 Å². The number of fused-ring (bicyclic) bond motifs is 1. The summed E-state index contributed by atoms with van der Waals surface area (Å²) in [6, 6.07) is 0.916. The molecule has 0 bridgehead atoms. The standard InChI is InChI=1S/C18H36N2/c1-5-18(4,13-19-12-15(2)3)14-20-11-7-9-16-8-6-10-17(16)20/h15-17,19H,5-14H2,1-4H3. The molecule has 3 atom stereocenters. The lowest BCUT2D eigenvalue weighted by molar-refractivity contribution is 0.0627. The third-order valence-electron chi connectivity index (χ3n) is 5.65. The van der Waals surface area contributed by atoms with Crippen molar-refractivity contribution in [3.05, 3.63) is 0 Å². The van der Waals surface area contributed by atoms with E-state index in [1.165, 1.54) is 58.2 Å². The zero-order valence-corrected chi connectivity index (χ0v) is 14.3. The Labute approximate surface area is 126 Å². The molecule has 2 aliphatic rings. The number of piperidine rings is 1. The molecule has 0 amide bonds. The molecule has 118 valence electrons. The van der Waals surface area contributed by atoms with Crippen molar-refractivity contribution in [2.45, 2.75) is 72.3 Å². The Morgan fingerprint density at radius 2 is 1.95 bits per heavy atom. The Bertz CT molecular complexity index is 289. The monoisotopic (exact) mass is 280 g/mol. The van der Waals surface area contributed by atoms with E-state index in [2.05, 4.69) is 37.9 Å². The summed E-state index contributed by atoms with van der Waals surface area (Å²) >= 11 is 0. The topological polar surface area (TPSA) is 15.3 Å². The third-order valence-corrected chi connectivity index (χ3v) is 5.65. The van der Waals surface area contributed by atoms with Crippen molar-refractivity contribution in [1.82, 2.24) is 10.2 Å². The van der Waals surface area contributed by atoms with Crippen LogP contribution in [0.3, 0.4) is 0 Å². The molecule has 1 saturated carbocycles. The number of nitrogens with one attached hydrogen (secondary N) is 1. The zero-order chi connectivity index (χ0) is 14.6. The second-order valence-corrected chi connectivity index (χ2v) is 8.06. The van der Waals surface area contributed by atoms with Crippen LogP contribution in [0.25, 0.3) is 0 Å². The van der Waals surface area contributed by atoms with Crippen molar-refractivity contribution in [3.8, 4) is 0 Å². The maximum atomic E-state index is 3.70. The molecule has 1 heterocycles. The van der Waals surface area contributed by atoms with Crippen LogP contribution in [0.2, 0.25) is 0 Å². The summed E-state index contributed by atoms with van der Waals surface area (Å²) < 4.78 is 0. The Balaban J connectivity index is 1.87. The highest BCUT2D eigenvalue weighted by Crippen LogP contribution is 2.38. The van der Waals surface area contributed by atoms with Gasteiger partial charge in [0.2, 0.25) is 0 Å². The summed E-state index contributed by atoms with van der Waals surface area (Å²) in [6.07, 6.45) is 8.64. The molecule has 0 spiro atoms. The van der Waals surface area contributed by atoms with Gasteiger partial charge in [0.25, 0.3) is 0 Å². The molecule has 0 radical (unpaired) electrons. The van der Waals surface area contributed by atoms with Crippen molar-refractivity contribution >= 4 is 0 Å². The fourth-order valence-corrected chi connectivity index (χ4v) is 4.20. The van der Waals surface area contributed by atoms with Crippen LogP contribution in [0.15, 0.2) is 0 Å². The Morgan fingerprint density at radius 3 is 2.65 bits per heavy atom. The van der Waals surface area contributed by atoms with E-state index in [-0.39, 0.29) is 0 Å². The van der Waals surface area contributed by atoms with Gasteiger partial charge >= 0.3 is 0 Å². The first kappa shape index (κ1) is 16.3. The molecule has 0 aromatic rings. The van der Waals surface area contributed by atoms with Gasteiger partial charge in [0, 0.05) is 19.1 Å². The van der Waals surface area contributed by atoms with E-state index in [4.69, 9.17) is 0 Å². The van der Waals surface area contributed by atoms with Crippen molar-refractivity contribution in [2.24, 2.45) is 17.3 Å². The van der Waals surface area contributed by atoms with Crippen LogP contribution in [0.1, 0.15) is 66.2 Å². The number of likely N-dealkylation sites (tertiary alicyclic amines) is 1. The summed E-state index contributed by atoms with van der Waals surface area (Å²) in [7, 11) is 0. The number of hydrogen-bond donors (Lipinski definition) is 1. The van der Waals surface area contributed by atoms with Crippen molar-refractivity contribution < 1.29 is 0 Å². The maximum absolute atomic E-state index is 3.70. The van der Waals surface area contributed by atoms with Crippen LogP contribution < -0.4 is 5.32 Å². The zero-order valence-electron chi connectivity index (χ0n) is 14.3. The second-order valence-electron chi connectivity index (χ2n) is 8.06. The van der Waals surface area contributed by atoms with Gasteiger partial charge in [-0.1, -0.05) is 34.1 Å². The lowest BCUT2D eigenvalue weighted by Crippen LogP contribution is -2.50. The van der Waals surface area contributed by atoms with Gasteiger partial charge in [-0.15, -0.1) is 0 Å². The van der Waals surface area contributed by atoms with E-state index < -0.39 is 0 Å². The second kappa shape index (κ2) is 7.26. The number of nitrogens with zero attached hydrogens (tertiary/aromatic N) is 1. The first-order valence-corrected chi connectivity index (χ1v) is 8.99. The van der Waals surface area contributed by atoms with Gasteiger partial charge in [-0.2, -0.15) is 0 Å². The molecule has 2 rings (SSSR count). The summed E-state index contributed by atoms with van der Waals surface area (Å²) in [6.45, 7) is 14.4. The van der Waals surface area contributed by atoms with E-state index in [1.807, 2.05) is 0 Å². The minimum absolute atomic E-state index is 0.444. The average molecular weight is 280 g/mol. The highest BCUT2D eigenvalue weighted by atomic mass is 15.2. The van der Waals surface area contributed by atoms with Gasteiger partial charge in [0.15, 0.2) is 0 Å². The molecule has 1 aliphatic carbocycles. The molecule has 3 unspecified atom stereocenters. The summed E-state index contributed by atoms with van der Waals surface area (Å²) in [5.74, 6) is 1.78. The smallest absolute Gasteiger partial charge is 0.0124 e. The van der Waals surface area contributed by atoms with E-state index >= 15 is 0 Å². The van der Waals surface area contributed by atoms with E-state index in [1.54, 1.807) is 0 Å². The van der Waals surface area contributed by atoms with Crippen LogP contribution in [0, 0.1) is 17.3 Å². The summed E-state index contributed by atoms with van der Waals surface area (Å²) in [4.78, 5) is 2.85. The Kier molecular flexibility index (Phi) is 5.92. The van der Waals surface area contributed by atoms with Gasteiger partial charge < -0.3 is 5.32 Å². The molecule has 1 N–H and O–H groups in total. The molecule has 0 aromatic carbocycles. The highest BCUT2D eigenvalue weighted by molar-refractivity contribution is 4.92. The largest absolute Gasteiger partial charge is 0.316 e. The predicted octanol–water partition coefficient (Wildman–Crippen LogP) is 3.91. The number of hydrogen-bond acceptors (Lipinski definition) is 2. The first-order chi connectivity index (χ1) is 9.54. The lowest BCUT2D eigenvalue weighted by atomic mass is 9.83. The molecule has 20 heavy (non-hydrogen) atoms. The molecule has 2 nitrogen and oxygen atoms in total. The predicted molar refractivity (Wildman–Crippen MR) is 88.0 cm³/mol. The van der Waals surface area contributed by atoms with Crippen LogP contribution in [-0.2, 0) is 0 Å². The van der Waals surface area contributed by atoms with Gasteiger partial charge in [-0.3, -0.25) is 4.90 Å². The number of rotatable bonds is 7. The first-order valence-electron chi connectivity index (χ1n) is 8.99. The molecule has 2 fully saturated rings. The van der Waals surface area contributed by atoms with E-state index in [9.17, 15) is 0 Å². The quantitative estimate of drug-likeness (QED) is 0.760. The SMILES string of the molecule is CCC(C)(CNCC(C)C)CN1CCCC2CCCC21. The van der Waals surface area contributed by atoms with Gasteiger partial charge in [0.1, 0.15) is 0 Å². The fraction of sp³-hybridized carbons (Fsp3) is 1.00. The van der Waals surface area contributed by atoms with Crippen LogP contribution in [-0.4, -0.2) is 37.1 Å². The highest BCUT2D eigenvalue weighted by Gasteiger charge is 2.37. The van der Waals surface area contributed by atoms with Crippen molar-refractivity contribution in [1.29, 1.82) is 0 Å². The lowest BCUT2D eigenvalue weighted by Gasteiger charge is -2.43. The minimum Gasteiger partial charge on any atom is -0.316 e. The molecule has 1 saturated heterocycles. The molecular weight excluding hydrogens is 244 g/mol. The molecule has 2 heteroatoms. The normalized spacial score (nSPS) is 30.4.